The standard InChI is InChI=1S/C19H22N4O/c1-14-7-3-4-8-17(14)15(2)21-19(24)20-11-10-16-13-23-12-6-5-9-18(23)22-16/h3-9,12-13,15H,10-11H2,1-2H3,(H2,20,21,24). The van der Waals surface area contributed by atoms with E-state index >= 15 is 0 Å². The Kier molecular flexibility index (Phi) is 4.79. The molecule has 1 unspecified atom stereocenters. The molecule has 1 aromatic carbocycles. The zero-order valence-electron chi connectivity index (χ0n) is 14.0. The third-order valence-electron chi connectivity index (χ3n) is 4.08. The lowest BCUT2D eigenvalue weighted by atomic mass is 10.0. The van der Waals surface area contributed by atoms with Crippen molar-refractivity contribution < 1.29 is 4.79 Å². The molecule has 1 atom stereocenters. The van der Waals surface area contributed by atoms with E-state index in [4.69, 9.17) is 0 Å². The maximum atomic E-state index is 12.1. The van der Waals surface area contributed by atoms with Crippen LogP contribution in [0.15, 0.2) is 54.9 Å². The van der Waals surface area contributed by atoms with Gasteiger partial charge < -0.3 is 15.0 Å². The van der Waals surface area contributed by atoms with E-state index < -0.39 is 0 Å². The van der Waals surface area contributed by atoms with E-state index in [0.717, 1.165) is 16.9 Å². The number of hydrogen-bond donors (Lipinski definition) is 2. The van der Waals surface area contributed by atoms with Gasteiger partial charge in [-0.25, -0.2) is 9.78 Å². The first-order chi connectivity index (χ1) is 11.6. The molecule has 24 heavy (non-hydrogen) atoms. The van der Waals surface area contributed by atoms with Gasteiger partial charge >= 0.3 is 6.03 Å². The quantitative estimate of drug-likeness (QED) is 0.757. The number of aryl methyl sites for hydroxylation is 1. The number of imidazole rings is 1. The highest BCUT2D eigenvalue weighted by Gasteiger charge is 2.11. The number of hydrogen-bond acceptors (Lipinski definition) is 2. The minimum absolute atomic E-state index is 0.0265. The molecule has 2 aromatic heterocycles. The van der Waals surface area contributed by atoms with E-state index in [9.17, 15) is 4.79 Å². The molecular weight excluding hydrogens is 300 g/mol. The predicted molar refractivity (Wildman–Crippen MR) is 95.0 cm³/mol. The number of urea groups is 1. The summed E-state index contributed by atoms with van der Waals surface area (Å²) in [6.45, 7) is 4.59. The van der Waals surface area contributed by atoms with Gasteiger partial charge in [-0.2, -0.15) is 0 Å². The van der Waals surface area contributed by atoms with Crippen molar-refractivity contribution in [1.29, 1.82) is 0 Å². The average Bonchev–Trinajstić information content (AvgIpc) is 2.97. The first-order valence-electron chi connectivity index (χ1n) is 8.16. The minimum atomic E-state index is -0.158. The van der Waals surface area contributed by atoms with E-state index in [1.807, 2.05) is 60.1 Å². The van der Waals surface area contributed by atoms with E-state index in [2.05, 4.69) is 28.6 Å². The second kappa shape index (κ2) is 7.17. The van der Waals surface area contributed by atoms with Gasteiger partial charge in [0.15, 0.2) is 0 Å². The lowest BCUT2D eigenvalue weighted by molar-refractivity contribution is 0.238. The first kappa shape index (κ1) is 16.1. The van der Waals surface area contributed by atoms with Crippen LogP contribution in [0.5, 0.6) is 0 Å². The lowest BCUT2D eigenvalue weighted by Gasteiger charge is -2.16. The summed E-state index contributed by atoms with van der Waals surface area (Å²) in [5, 5.41) is 5.87. The smallest absolute Gasteiger partial charge is 0.315 e. The zero-order valence-corrected chi connectivity index (χ0v) is 14.0. The molecule has 2 amide bonds. The van der Waals surface area contributed by atoms with Gasteiger partial charge in [0.1, 0.15) is 5.65 Å². The van der Waals surface area contributed by atoms with Crippen molar-refractivity contribution in [2.24, 2.45) is 0 Å². The Hall–Kier alpha value is -2.82. The average molecular weight is 322 g/mol. The van der Waals surface area contributed by atoms with E-state index in [-0.39, 0.29) is 12.1 Å². The van der Waals surface area contributed by atoms with Gasteiger partial charge in [-0.1, -0.05) is 30.3 Å². The van der Waals surface area contributed by atoms with Crippen LogP contribution >= 0.6 is 0 Å². The summed E-state index contributed by atoms with van der Waals surface area (Å²) in [5.74, 6) is 0. The Bertz CT molecular complexity index is 807. The van der Waals surface area contributed by atoms with Crippen LogP contribution in [0.25, 0.3) is 5.65 Å². The summed E-state index contributed by atoms with van der Waals surface area (Å²) in [5.41, 5.74) is 4.20. The van der Waals surface area contributed by atoms with Crippen LogP contribution in [-0.4, -0.2) is 22.0 Å². The van der Waals surface area contributed by atoms with E-state index in [0.29, 0.717) is 13.0 Å². The van der Waals surface area contributed by atoms with Crippen molar-refractivity contribution in [2.45, 2.75) is 26.3 Å². The molecule has 0 aliphatic rings. The maximum absolute atomic E-state index is 12.1. The van der Waals surface area contributed by atoms with Gasteiger partial charge in [0, 0.05) is 25.4 Å². The third-order valence-corrected chi connectivity index (χ3v) is 4.08. The number of nitrogens with one attached hydrogen (secondary N) is 2. The SMILES string of the molecule is Cc1ccccc1C(C)NC(=O)NCCc1cn2ccccc2n1. The van der Waals surface area contributed by atoms with Gasteiger partial charge in [0.2, 0.25) is 0 Å². The van der Waals surface area contributed by atoms with Gasteiger partial charge in [-0.05, 0) is 37.1 Å². The third kappa shape index (κ3) is 3.74. The van der Waals surface area contributed by atoms with E-state index in [1.54, 1.807) is 0 Å². The number of benzene rings is 1. The Labute approximate surface area is 141 Å². The number of rotatable bonds is 5. The van der Waals surface area contributed by atoms with Gasteiger partial charge in [0.05, 0.1) is 11.7 Å². The molecular formula is C19H22N4O. The second-order valence-corrected chi connectivity index (χ2v) is 5.93. The molecule has 3 aromatic rings. The number of amides is 2. The summed E-state index contributed by atoms with van der Waals surface area (Å²) in [6.07, 6.45) is 4.66. The predicted octanol–water partition coefficient (Wildman–Crippen LogP) is 3.25. The van der Waals surface area contributed by atoms with Crippen molar-refractivity contribution in [1.82, 2.24) is 20.0 Å². The van der Waals surface area contributed by atoms with Gasteiger partial charge in [-0.3, -0.25) is 0 Å². The highest BCUT2D eigenvalue weighted by Crippen LogP contribution is 2.16. The van der Waals surface area contributed by atoms with E-state index in [1.165, 1.54) is 5.56 Å². The largest absolute Gasteiger partial charge is 0.338 e. The number of fused-ring (bicyclic) bond motifs is 1. The molecule has 0 radical (unpaired) electrons. The number of pyridine rings is 1. The molecule has 124 valence electrons. The number of carbonyl (C=O) groups excluding carboxylic acids is 1. The fourth-order valence-electron chi connectivity index (χ4n) is 2.81. The topological polar surface area (TPSA) is 58.4 Å². The van der Waals surface area contributed by atoms with Crippen LogP contribution in [0.3, 0.4) is 0 Å². The molecule has 0 saturated heterocycles. The molecule has 0 spiro atoms. The van der Waals surface area contributed by atoms with Crippen molar-refractivity contribution in [3.05, 3.63) is 71.7 Å². The normalized spacial score (nSPS) is 12.1. The highest BCUT2D eigenvalue weighted by atomic mass is 16.2. The van der Waals surface area contributed by atoms with Gasteiger partial charge in [0.25, 0.3) is 0 Å². The first-order valence-corrected chi connectivity index (χ1v) is 8.16. The Balaban J connectivity index is 1.49. The number of aromatic nitrogens is 2. The zero-order chi connectivity index (χ0) is 16.9. The fourth-order valence-corrected chi connectivity index (χ4v) is 2.81. The molecule has 2 N–H and O–H groups in total. The summed E-state index contributed by atoms with van der Waals surface area (Å²) in [6, 6.07) is 13.8. The van der Waals surface area contributed by atoms with Crippen LogP contribution in [0.4, 0.5) is 4.79 Å². The highest BCUT2D eigenvalue weighted by molar-refractivity contribution is 5.74. The monoisotopic (exact) mass is 322 g/mol. The van der Waals surface area contributed by atoms with Gasteiger partial charge in [-0.15, -0.1) is 0 Å². The van der Waals surface area contributed by atoms with Crippen LogP contribution in [0.2, 0.25) is 0 Å². The molecule has 0 aliphatic carbocycles. The van der Waals surface area contributed by atoms with Crippen LogP contribution in [0.1, 0.15) is 29.8 Å². The molecule has 5 heteroatoms. The van der Waals surface area contributed by atoms with Crippen molar-refractivity contribution >= 4 is 11.7 Å². The number of nitrogens with zero attached hydrogens (tertiary/aromatic N) is 2. The van der Waals surface area contributed by atoms with Crippen LogP contribution in [-0.2, 0) is 6.42 Å². The van der Waals surface area contributed by atoms with Crippen molar-refractivity contribution in [3.63, 3.8) is 0 Å². The second-order valence-electron chi connectivity index (χ2n) is 5.93. The molecule has 0 aliphatic heterocycles. The van der Waals surface area contributed by atoms with Crippen molar-refractivity contribution in [2.75, 3.05) is 6.54 Å². The molecule has 0 saturated carbocycles. The summed E-state index contributed by atoms with van der Waals surface area (Å²) in [7, 11) is 0. The maximum Gasteiger partial charge on any atom is 0.315 e. The Morgan fingerprint density at radius 1 is 1.21 bits per heavy atom. The Morgan fingerprint density at radius 3 is 2.79 bits per heavy atom. The fraction of sp³-hybridized carbons (Fsp3) is 0.263. The molecule has 0 fully saturated rings. The molecule has 0 bridgehead atoms. The molecule has 3 rings (SSSR count). The van der Waals surface area contributed by atoms with Crippen LogP contribution in [0, 0.1) is 6.92 Å². The Morgan fingerprint density at radius 2 is 2.00 bits per heavy atom. The van der Waals surface area contributed by atoms with Crippen molar-refractivity contribution in [3.8, 4) is 0 Å². The van der Waals surface area contributed by atoms with Crippen LogP contribution < -0.4 is 10.6 Å². The summed E-state index contributed by atoms with van der Waals surface area (Å²) in [4.78, 5) is 16.6. The molecule has 5 nitrogen and oxygen atoms in total. The minimum Gasteiger partial charge on any atom is -0.338 e. The number of carbonyl (C=O) groups is 1. The summed E-state index contributed by atoms with van der Waals surface area (Å²) >= 11 is 0. The molecule has 2 heterocycles. The lowest BCUT2D eigenvalue weighted by Crippen LogP contribution is -2.38. The summed E-state index contributed by atoms with van der Waals surface area (Å²) < 4.78 is 1.98.